The number of para-hydroxylation sites is 1. The van der Waals surface area contributed by atoms with Crippen LogP contribution < -0.4 is 10.5 Å². The Morgan fingerprint density at radius 2 is 1.93 bits per heavy atom. The minimum Gasteiger partial charge on any atom is -0.461 e. The molecule has 7 nitrogen and oxygen atoms in total. The summed E-state index contributed by atoms with van der Waals surface area (Å²) < 4.78 is 28.8. The van der Waals surface area contributed by atoms with Crippen LogP contribution in [-0.2, 0) is 27.8 Å². The Kier molecular flexibility index (Phi) is 6.36. The van der Waals surface area contributed by atoms with Gasteiger partial charge >= 0.3 is 0 Å². The Labute approximate surface area is 170 Å². The van der Waals surface area contributed by atoms with Crippen LogP contribution in [0, 0.1) is 0 Å². The van der Waals surface area contributed by atoms with Gasteiger partial charge in [-0.15, -0.1) is 0 Å². The maximum Gasteiger partial charge on any atom is 0.238 e. The normalized spacial score (nSPS) is 11.9. The third-order valence-electron chi connectivity index (χ3n) is 4.70. The average Bonchev–Trinajstić information content (AvgIpc) is 3.03. The summed E-state index contributed by atoms with van der Waals surface area (Å²) in [6.07, 6.45) is 1.08. The second-order valence-electron chi connectivity index (χ2n) is 6.96. The molecule has 8 heteroatoms. The number of nitrogens with zero attached hydrogens (tertiary/aromatic N) is 1. The lowest BCUT2D eigenvalue weighted by atomic mass is 10.1. The number of furan rings is 1. The van der Waals surface area contributed by atoms with Crippen LogP contribution in [0.25, 0.3) is 11.0 Å². The van der Waals surface area contributed by atoms with E-state index in [4.69, 9.17) is 9.56 Å². The van der Waals surface area contributed by atoms with Gasteiger partial charge in [0.15, 0.2) is 0 Å². The van der Waals surface area contributed by atoms with Crippen LogP contribution in [0.4, 0.5) is 5.69 Å². The van der Waals surface area contributed by atoms with E-state index in [1.807, 2.05) is 31.3 Å². The summed E-state index contributed by atoms with van der Waals surface area (Å²) in [5.41, 5.74) is 2.42. The Balaban J connectivity index is 1.60. The molecule has 0 spiro atoms. The fourth-order valence-corrected chi connectivity index (χ4v) is 3.78. The number of hydrogen-bond acceptors (Lipinski definition) is 5. The third-order valence-corrected chi connectivity index (χ3v) is 5.61. The lowest BCUT2D eigenvalue weighted by Gasteiger charge is -2.16. The van der Waals surface area contributed by atoms with Gasteiger partial charge in [0.2, 0.25) is 15.9 Å². The summed E-state index contributed by atoms with van der Waals surface area (Å²) >= 11 is 0. The van der Waals surface area contributed by atoms with Crippen molar-refractivity contribution in [1.29, 1.82) is 0 Å². The molecule has 0 saturated heterocycles. The van der Waals surface area contributed by atoms with Gasteiger partial charge in [-0.2, -0.15) is 0 Å². The molecule has 0 bridgehead atoms. The van der Waals surface area contributed by atoms with Crippen molar-refractivity contribution in [2.45, 2.75) is 31.2 Å². The van der Waals surface area contributed by atoms with Gasteiger partial charge in [0.05, 0.1) is 4.90 Å². The molecule has 0 aliphatic heterocycles. The number of primary sulfonamides is 1. The lowest BCUT2D eigenvalue weighted by molar-refractivity contribution is -0.116. The van der Waals surface area contributed by atoms with E-state index in [1.54, 1.807) is 6.07 Å². The van der Waals surface area contributed by atoms with E-state index in [1.165, 1.54) is 18.2 Å². The number of benzene rings is 2. The van der Waals surface area contributed by atoms with Crippen molar-refractivity contribution >= 4 is 32.6 Å². The molecule has 3 N–H and O–H groups in total. The van der Waals surface area contributed by atoms with Gasteiger partial charge in [-0.3, -0.25) is 4.79 Å². The molecule has 0 aliphatic carbocycles. The Morgan fingerprint density at radius 1 is 1.17 bits per heavy atom. The molecule has 0 unspecified atom stereocenters. The van der Waals surface area contributed by atoms with E-state index in [-0.39, 0.29) is 17.2 Å². The number of nitrogens with two attached hydrogens (primary N) is 1. The van der Waals surface area contributed by atoms with Crippen molar-refractivity contribution in [3.8, 4) is 0 Å². The first-order chi connectivity index (χ1) is 13.8. The minimum atomic E-state index is -3.81. The van der Waals surface area contributed by atoms with Crippen LogP contribution >= 0.6 is 0 Å². The number of anilines is 1. The summed E-state index contributed by atoms with van der Waals surface area (Å²) in [4.78, 5) is 14.3. The SMILES string of the molecule is CCc1oc2ccccc2c1CN(C)CCC(=O)Nc1cccc(S(N)(=O)=O)c1. The molecular weight excluding hydrogens is 390 g/mol. The molecule has 1 amide bonds. The number of carbonyl (C=O) groups excluding carboxylic acids is 1. The average molecular weight is 416 g/mol. The molecule has 0 radical (unpaired) electrons. The van der Waals surface area contributed by atoms with Crippen LogP contribution in [0.2, 0.25) is 0 Å². The Hall–Kier alpha value is -2.68. The van der Waals surface area contributed by atoms with Gasteiger partial charge in [-0.1, -0.05) is 31.2 Å². The molecule has 29 heavy (non-hydrogen) atoms. The van der Waals surface area contributed by atoms with Gasteiger partial charge < -0.3 is 14.6 Å². The third kappa shape index (κ3) is 5.23. The van der Waals surface area contributed by atoms with E-state index in [9.17, 15) is 13.2 Å². The lowest BCUT2D eigenvalue weighted by Crippen LogP contribution is -2.24. The number of nitrogens with one attached hydrogen (secondary N) is 1. The molecule has 0 fully saturated rings. The second-order valence-corrected chi connectivity index (χ2v) is 8.52. The van der Waals surface area contributed by atoms with Gasteiger partial charge in [-0.25, -0.2) is 13.6 Å². The number of fused-ring (bicyclic) bond motifs is 1. The highest BCUT2D eigenvalue weighted by molar-refractivity contribution is 7.89. The van der Waals surface area contributed by atoms with Gasteiger partial charge in [0, 0.05) is 42.6 Å². The number of sulfonamides is 1. The highest BCUT2D eigenvalue weighted by Gasteiger charge is 2.15. The molecule has 3 rings (SSSR count). The topological polar surface area (TPSA) is 106 Å². The van der Waals surface area contributed by atoms with E-state index >= 15 is 0 Å². The zero-order valence-electron chi connectivity index (χ0n) is 16.5. The van der Waals surface area contributed by atoms with Crippen molar-refractivity contribution in [3.63, 3.8) is 0 Å². The molecule has 0 saturated carbocycles. The maximum atomic E-state index is 12.3. The summed E-state index contributed by atoms with van der Waals surface area (Å²) in [5, 5.41) is 8.94. The van der Waals surface area contributed by atoms with Crippen molar-refractivity contribution in [2.75, 3.05) is 18.9 Å². The van der Waals surface area contributed by atoms with Crippen LogP contribution in [0.15, 0.2) is 57.8 Å². The van der Waals surface area contributed by atoms with Crippen molar-refractivity contribution in [2.24, 2.45) is 5.14 Å². The molecule has 1 aromatic heterocycles. The van der Waals surface area contributed by atoms with Gasteiger partial charge in [-0.05, 0) is 31.3 Å². The summed E-state index contributed by atoms with van der Waals surface area (Å²) in [6, 6.07) is 13.9. The fourth-order valence-electron chi connectivity index (χ4n) is 3.22. The molecule has 154 valence electrons. The van der Waals surface area contributed by atoms with Crippen LogP contribution in [0.1, 0.15) is 24.7 Å². The first kappa shape index (κ1) is 21.0. The van der Waals surface area contributed by atoms with Crippen LogP contribution in [-0.4, -0.2) is 32.8 Å². The highest BCUT2D eigenvalue weighted by Crippen LogP contribution is 2.27. The van der Waals surface area contributed by atoms with E-state index in [0.29, 0.717) is 18.8 Å². The van der Waals surface area contributed by atoms with Crippen molar-refractivity contribution < 1.29 is 17.6 Å². The van der Waals surface area contributed by atoms with Gasteiger partial charge in [0.25, 0.3) is 0 Å². The minimum absolute atomic E-state index is 0.0358. The molecule has 2 aromatic carbocycles. The molecule has 3 aromatic rings. The zero-order valence-corrected chi connectivity index (χ0v) is 17.3. The fraction of sp³-hybridized carbons (Fsp3) is 0.286. The largest absolute Gasteiger partial charge is 0.461 e. The first-order valence-electron chi connectivity index (χ1n) is 9.38. The predicted octanol–water partition coefficient (Wildman–Crippen LogP) is 3.10. The van der Waals surface area contributed by atoms with E-state index in [0.717, 1.165) is 28.7 Å². The second kappa shape index (κ2) is 8.77. The number of rotatable bonds is 8. The Morgan fingerprint density at radius 3 is 2.66 bits per heavy atom. The number of amides is 1. The number of hydrogen-bond donors (Lipinski definition) is 2. The predicted molar refractivity (Wildman–Crippen MR) is 113 cm³/mol. The number of aryl methyl sites for hydroxylation is 1. The highest BCUT2D eigenvalue weighted by atomic mass is 32.2. The van der Waals surface area contributed by atoms with Crippen molar-refractivity contribution in [1.82, 2.24) is 4.90 Å². The maximum absolute atomic E-state index is 12.3. The molecule has 0 atom stereocenters. The standard InChI is InChI=1S/C21H25N3O4S/c1-3-19-18(17-9-4-5-10-20(17)28-19)14-24(2)12-11-21(25)23-15-7-6-8-16(13-15)29(22,26)27/h4-10,13H,3,11-12,14H2,1-2H3,(H,23,25)(H2,22,26,27). The Bertz CT molecular complexity index is 1120. The first-order valence-corrected chi connectivity index (χ1v) is 10.9. The summed E-state index contributed by atoms with van der Waals surface area (Å²) in [7, 11) is -1.85. The van der Waals surface area contributed by atoms with Crippen LogP contribution in [0.3, 0.4) is 0 Å². The zero-order chi connectivity index (χ0) is 21.0. The molecular formula is C21H25N3O4S. The van der Waals surface area contributed by atoms with E-state index < -0.39 is 10.0 Å². The van der Waals surface area contributed by atoms with Gasteiger partial charge in [0.1, 0.15) is 11.3 Å². The van der Waals surface area contributed by atoms with E-state index in [2.05, 4.69) is 17.1 Å². The smallest absolute Gasteiger partial charge is 0.238 e. The summed E-state index contributed by atoms with van der Waals surface area (Å²) in [5.74, 6) is 0.762. The molecule has 1 heterocycles. The summed E-state index contributed by atoms with van der Waals surface area (Å²) in [6.45, 7) is 3.28. The molecule has 0 aliphatic rings. The van der Waals surface area contributed by atoms with Crippen LogP contribution in [0.5, 0.6) is 0 Å². The quantitative estimate of drug-likeness (QED) is 0.588. The number of carbonyl (C=O) groups is 1. The monoisotopic (exact) mass is 415 g/mol. The van der Waals surface area contributed by atoms with Crippen molar-refractivity contribution in [3.05, 3.63) is 59.9 Å².